The summed E-state index contributed by atoms with van der Waals surface area (Å²) in [6.45, 7) is 12.1. The number of ether oxygens (including phenoxy) is 5. The van der Waals surface area contributed by atoms with Gasteiger partial charge in [-0.05, 0) is 61.3 Å². The molecule has 0 heterocycles. The lowest BCUT2D eigenvalue weighted by Crippen LogP contribution is -2.41. The highest BCUT2D eigenvalue weighted by Gasteiger charge is 2.33. The highest BCUT2D eigenvalue weighted by Crippen LogP contribution is 2.16. The summed E-state index contributed by atoms with van der Waals surface area (Å²) in [6.07, 6.45) is -0.0886. The second kappa shape index (κ2) is 15.2. The van der Waals surface area contributed by atoms with Crippen molar-refractivity contribution in [1.82, 2.24) is 0 Å². The van der Waals surface area contributed by atoms with Crippen LogP contribution >= 0.6 is 0 Å². The zero-order valence-corrected chi connectivity index (χ0v) is 20.0. The number of unbranched alkanes of at least 4 members (excludes halogenated alkanes) is 1. The van der Waals surface area contributed by atoms with Crippen molar-refractivity contribution in [2.24, 2.45) is 0 Å². The first kappa shape index (κ1) is 29.3. The molecule has 0 rings (SSSR count). The Morgan fingerprint density at radius 2 is 1.26 bits per heavy atom. The number of rotatable bonds is 16. The van der Waals surface area contributed by atoms with E-state index >= 15 is 0 Å². The molecule has 0 aliphatic rings. The maximum atomic E-state index is 12.3. The molecule has 0 fully saturated rings. The highest BCUT2D eigenvalue weighted by atomic mass is 16.6. The number of esters is 3. The predicted molar refractivity (Wildman–Crippen MR) is 113 cm³/mol. The first-order valence-electron chi connectivity index (χ1n) is 10.8. The monoisotopic (exact) mass is 448 g/mol. The number of aliphatic hydroxyl groups is 1. The minimum atomic E-state index is -1.20. The Morgan fingerprint density at radius 3 is 1.74 bits per heavy atom. The maximum Gasteiger partial charge on any atom is 0.337 e. The smallest absolute Gasteiger partial charge is 0.337 e. The largest absolute Gasteiger partial charge is 0.463 e. The molecule has 0 aliphatic carbocycles. The van der Waals surface area contributed by atoms with Gasteiger partial charge in [0.25, 0.3) is 0 Å². The van der Waals surface area contributed by atoms with Gasteiger partial charge in [0.2, 0.25) is 0 Å². The van der Waals surface area contributed by atoms with Gasteiger partial charge in [-0.15, -0.1) is 0 Å². The minimum absolute atomic E-state index is 0.00115. The Kier molecular flexibility index (Phi) is 14.3. The third kappa shape index (κ3) is 15.7. The zero-order valence-electron chi connectivity index (χ0n) is 20.0. The fourth-order valence-electron chi connectivity index (χ4n) is 2.56. The summed E-state index contributed by atoms with van der Waals surface area (Å²) >= 11 is 0. The van der Waals surface area contributed by atoms with Gasteiger partial charge in [-0.1, -0.05) is 0 Å². The van der Waals surface area contributed by atoms with Crippen molar-refractivity contribution in [3.63, 3.8) is 0 Å². The van der Waals surface area contributed by atoms with Gasteiger partial charge in [-0.3, -0.25) is 9.59 Å². The Hall–Kier alpha value is -1.71. The summed E-state index contributed by atoms with van der Waals surface area (Å²) in [5, 5.41) is 9.05. The molecule has 3 atom stereocenters. The molecular formula is C22H40O9. The summed E-state index contributed by atoms with van der Waals surface area (Å²) in [7, 11) is 0. The number of carbonyl (C=O) groups is 3. The Morgan fingerprint density at radius 1 is 0.774 bits per heavy atom. The Balaban J connectivity index is 4.08. The van der Waals surface area contributed by atoms with Crippen molar-refractivity contribution in [3.8, 4) is 0 Å². The molecule has 1 N–H and O–H groups in total. The lowest BCUT2D eigenvalue weighted by Gasteiger charge is -2.27. The zero-order chi connectivity index (χ0) is 24.0. The molecule has 3 unspecified atom stereocenters. The summed E-state index contributed by atoms with van der Waals surface area (Å²) in [5.74, 6) is -1.34. The SMILES string of the molecule is CC(O)COC(=O)CCCCC(=O)OCC(C)OC(C)(C)C(=O)OCC(C)OC(C)C. The maximum absolute atomic E-state index is 12.3. The van der Waals surface area contributed by atoms with E-state index in [1.54, 1.807) is 20.8 Å². The van der Waals surface area contributed by atoms with E-state index in [0.717, 1.165) is 0 Å². The third-order valence-corrected chi connectivity index (χ3v) is 3.92. The van der Waals surface area contributed by atoms with Crippen LogP contribution in [0.1, 0.15) is 74.1 Å². The number of carbonyl (C=O) groups excluding carboxylic acids is 3. The van der Waals surface area contributed by atoms with Crippen molar-refractivity contribution >= 4 is 17.9 Å². The van der Waals surface area contributed by atoms with Crippen LogP contribution in [0.25, 0.3) is 0 Å². The molecular weight excluding hydrogens is 408 g/mol. The molecule has 0 radical (unpaired) electrons. The van der Waals surface area contributed by atoms with Crippen LogP contribution in [0.4, 0.5) is 0 Å². The number of hydrogen-bond acceptors (Lipinski definition) is 9. The first-order chi connectivity index (χ1) is 14.3. The molecule has 0 aromatic carbocycles. The second-order valence-electron chi connectivity index (χ2n) is 8.45. The van der Waals surface area contributed by atoms with Crippen LogP contribution in [0.5, 0.6) is 0 Å². The van der Waals surface area contributed by atoms with E-state index in [0.29, 0.717) is 12.8 Å². The van der Waals surface area contributed by atoms with Gasteiger partial charge in [0.1, 0.15) is 19.8 Å². The van der Waals surface area contributed by atoms with E-state index < -0.39 is 35.7 Å². The number of aliphatic hydroxyl groups excluding tert-OH is 1. The third-order valence-electron chi connectivity index (χ3n) is 3.92. The van der Waals surface area contributed by atoms with E-state index in [2.05, 4.69) is 0 Å². The molecule has 0 saturated heterocycles. The average Bonchev–Trinajstić information content (AvgIpc) is 2.65. The van der Waals surface area contributed by atoms with Gasteiger partial charge in [-0.25, -0.2) is 4.79 Å². The minimum Gasteiger partial charge on any atom is -0.463 e. The van der Waals surface area contributed by atoms with Gasteiger partial charge in [0, 0.05) is 12.8 Å². The van der Waals surface area contributed by atoms with Crippen molar-refractivity contribution in [2.75, 3.05) is 19.8 Å². The molecule has 0 bridgehead atoms. The second-order valence-corrected chi connectivity index (χ2v) is 8.45. The van der Waals surface area contributed by atoms with Crippen LogP contribution in [0.3, 0.4) is 0 Å². The Bertz CT molecular complexity index is 543. The van der Waals surface area contributed by atoms with Crippen LogP contribution < -0.4 is 0 Å². The molecule has 9 nitrogen and oxygen atoms in total. The van der Waals surface area contributed by atoms with Crippen LogP contribution in [-0.2, 0) is 38.1 Å². The van der Waals surface area contributed by atoms with Crippen LogP contribution in [0, 0.1) is 0 Å². The molecule has 0 aromatic heterocycles. The average molecular weight is 449 g/mol. The first-order valence-corrected chi connectivity index (χ1v) is 10.8. The van der Waals surface area contributed by atoms with Crippen molar-refractivity contribution in [1.29, 1.82) is 0 Å². The Labute approximate surface area is 185 Å². The van der Waals surface area contributed by atoms with E-state index in [1.807, 2.05) is 20.8 Å². The topological polar surface area (TPSA) is 118 Å². The van der Waals surface area contributed by atoms with E-state index in [-0.39, 0.29) is 44.9 Å². The molecule has 9 heteroatoms. The molecule has 0 spiro atoms. The van der Waals surface area contributed by atoms with Crippen LogP contribution in [0.15, 0.2) is 0 Å². The van der Waals surface area contributed by atoms with E-state index in [9.17, 15) is 14.4 Å². The standard InChI is InChI=1S/C22H40O9/c1-15(2)30-17(4)13-29-21(26)22(6,7)31-18(5)14-28-20(25)11-9-8-10-19(24)27-12-16(3)23/h15-18,23H,8-14H2,1-7H3. The molecule has 0 aromatic rings. The van der Waals surface area contributed by atoms with Crippen molar-refractivity contribution in [2.45, 2.75) is 104 Å². The van der Waals surface area contributed by atoms with Gasteiger partial charge < -0.3 is 28.8 Å². The highest BCUT2D eigenvalue weighted by molar-refractivity contribution is 5.78. The van der Waals surface area contributed by atoms with E-state index in [4.69, 9.17) is 28.8 Å². The summed E-state index contributed by atoms with van der Waals surface area (Å²) in [6, 6.07) is 0. The molecule has 182 valence electrons. The summed E-state index contributed by atoms with van der Waals surface area (Å²) in [5.41, 5.74) is -1.20. The quantitative estimate of drug-likeness (QED) is 0.216. The van der Waals surface area contributed by atoms with Gasteiger partial charge in [-0.2, -0.15) is 0 Å². The summed E-state index contributed by atoms with van der Waals surface area (Å²) < 4.78 is 26.5. The summed E-state index contributed by atoms with van der Waals surface area (Å²) in [4.78, 5) is 35.5. The van der Waals surface area contributed by atoms with Gasteiger partial charge in [0.05, 0.1) is 24.4 Å². The molecule has 0 amide bonds. The molecule has 0 saturated carbocycles. The van der Waals surface area contributed by atoms with Gasteiger partial charge in [0.15, 0.2) is 5.60 Å². The normalized spacial score (nSPS) is 14.6. The fourth-order valence-corrected chi connectivity index (χ4v) is 2.56. The van der Waals surface area contributed by atoms with Gasteiger partial charge >= 0.3 is 17.9 Å². The van der Waals surface area contributed by atoms with Crippen LogP contribution in [-0.4, -0.2) is 72.9 Å². The lowest BCUT2D eigenvalue weighted by molar-refractivity contribution is -0.182. The molecule has 31 heavy (non-hydrogen) atoms. The number of hydrogen-bond donors (Lipinski definition) is 1. The van der Waals surface area contributed by atoms with Crippen molar-refractivity contribution < 1.29 is 43.2 Å². The molecule has 0 aliphatic heterocycles. The predicted octanol–water partition coefficient (Wildman–Crippen LogP) is 2.55. The van der Waals surface area contributed by atoms with Crippen LogP contribution in [0.2, 0.25) is 0 Å². The van der Waals surface area contributed by atoms with E-state index in [1.165, 1.54) is 6.92 Å². The van der Waals surface area contributed by atoms with Crippen molar-refractivity contribution in [3.05, 3.63) is 0 Å². The lowest BCUT2D eigenvalue weighted by atomic mass is 10.1. The fraction of sp³-hybridized carbons (Fsp3) is 0.864.